The monoisotopic (exact) mass is 484 g/mol. The first-order chi connectivity index (χ1) is 18.1. The van der Waals surface area contributed by atoms with Crippen LogP contribution in [-0.4, -0.2) is 9.80 Å². The second-order valence-corrected chi connectivity index (χ2v) is 9.98. The first-order valence-corrected chi connectivity index (χ1v) is 13.3. The number of hydrogen-bond acceptors (Lipinski definition) is 2. The van der Waals surface area contributed by atoms with Gasteiger partial charge < -0.3 is 9.80 Å². The van der Waals surface area contributed by atoms with Gasteiger partial charge in [-0.05, 0) is 49.9 Å². The molecule has 0 N–H and O–H groups in total. The summed E-state index contributed by atoms with van der Waals surface area (Å²) < 4.78 is 0. The van der Waals surface area contributed by atoms with Crippen molar-refractivity contribution < 1.29 is 0 Å². The average Bonchev–Trinajstić information content (AvgIpc) is 3.74. The van der Waals surface area contributed by atoms with Gasteiger partial charge in [-0.1, -0.05) is 127 Å². The van der Waals surface area contributed by atoms with Crippen molar-refractivity contribution in [1.29, 1.82) is 0 Å². The molecule has 2 nitrogen and oxygen atoms in total. The van der Waals surface area contributed by atoms with Gasteiger partial charge in [-0.3, -0.25) is 0 Å². The predicted octanol–water partition coefficient (Wildman–Crippen LogP) is 9.02. The van der Waals surface area contributed by atoms with Crippen LogP contribution in [0.2, 0.25) is 0 Å². The molecule has 0 unspecified atom stereocenters. The van der Waals surface area contributed by atoms with Gasteiger partial charge in [-0.2, -0.15) is 0 Å². The van der Waals surface area contributed by atoms with Crippen molar-refractivity contribution >= 4 is 0 Å². The SMILES string of the molecule is C[C@H](c1ccccc1)N(C1=C=C1N([C@H](C)c1ccccc1)[C@H](C)c1ccccc1)[C@H](C)c1ccccc1. The van der Waals surface area contributed by atoms with Gasteiger partial charge >= 0.3 is 0 Å². The van der Waals surface area contributed by atoms with E-state index in [2.05, 4.69) is 165 Å². The van der Waals surface area contributed by atoms with E-state index in [1.54, 1.807) is 0 Å². The summed E-state index contributed by atoms with van der Waals surface area (Å²) in [6.07, 6.45) is 0. The zero-order chi connectivity index (χ0) is 25.8. The number of benzene rings is 4. The third-order valence-electron chi connectivity index (χ3n) is 7.71. The Balaban J connectivity index is 1.51. The maximum Gasteiger partial charge on any atom is 0.115 e. The van der Waals surface area contributed by atoms with Crippen LogP contribution in [0, 0.1) is 0 Å². The van der Waals surface area contributed by atoms with E-state index in [0.717, 1.165) is 0 Å². The van der Waals surface area contributed by atoms with Crippen LogP contribution in [0.4, 0.5) is 0 Å². The van der Waals surface area contributed by atoms with E-state index in [9.17, 15) is 0 Å². The lowest BCUT2D eigenvalue weighted by Crippen LogP contribution is -2.33. The molecule has 4 aromatic rings. The molecule has 0 amide bonds. The van der Waals surface area contributed by atoms with Crippen molar-refractivity contribution in [2.75, 3.05) is 0 Å². The summed E-state index contributed by atoms with van der Waals surface area (Å²) in [5.41, 5.74) is 11.4. The van der Waals surface area contributed by atoms with Crippen molar-refractivity contribution in [2.45, 2.75) is 51.9 Å². The van der Waals surface area contributed by atoms with Crippen LogP contribution < -0.4 is 0 Å². The Morgan fingerprint density at radius 3 is 0.811 bits per heavy atom. The highest BCUT2D eigenvalue weighted by atomic mass is 15.3. The van der Waals surface area contributed by atoms with Gasteiger partial charge in [0.25, 0.3) is 0 Å². The highest BCUT2D eigenvalue weighted by Gasteiger charge is 2.38. The van der Waals surface area contributed by atoms with Crippen LogP contribution in [0.15, 0.2) is 138 Å². The minimum atomic E-state index is 0.206. The topological polar surface area (TPSA) is 6.48 Å². The third-order valence-corrected chi connectivity index (χ3v) is 7.71. The molecule has 4 aromatic carbocycles. The molecule has 0 aromatic heterocycles. The fourth-order valence-electron chi connectivity index (χ4n) is 5.47. The molecule has 0 radical (unpaired) electrons. The molecular formula is C35H36N2. The summed E-state index contributed by atoms with van der Waals surface area (Å²) in [5.74, 6) is 0. The van der Waals surface area contributed by atoms with Crippen LogP contribution in [0.25, 0.3) is 0 Å². The van der Waals surface area contributed by atoms with Gasteiger partial charge in [0.2, 0.25) is 0 Å². The molecule has 0 saturated heterocycles. The Morgan fingerprint density at radius 1 is 0.378 bits per heavy atom. The molecule has 0 spiro atoms. The first-order valence-electron chi connectivity index (χ1n) is 13.3. The van der Waals surface area contributed by atoms with Crippen LogP contribution in [0.3, 0.4) is 0 Å². The Bertz CT molecular complexity index is 1160. The van der Waals surface area contributed by atoms with E-state index in [1.807, 2.05) is 0 Å². The molecule has 1 aliphatic carbocycles. The summed E-state index contributed by atoms with van der Waals surface area (Å²) in [6, 6.07) is 44.1. The van der Waals surface area contributed by atoms with E-state index in [4.69, 9.17) is 0 Å². The number of hydrogen-bond donors (Lipinski definition) is 0. The Morgan fingerprint density at radius 2 is 0.595 bits per heavy atom. The lowest BCUT2D eigenvalue weighted by Gasteiger charge is -2.40. The fourth-order valence-corrected chi connectivity index (χ4v) is 5.47. The zero-order valence-corrected chi connectivity index (χ0v) is 22.3. The molecule has 0 heterocycles. The highest BCUT2D eigenvalue weighted by molar-refractivity contribution is 5.46. The lowest BCUT2D eigenvalue weighted by molar-refractivity contribution is 0.180. The Kier molecular flexibility index (Phi) is 7.30. The minimum Gasteiger partial charge on any atom is -0.349 e. The van der Waals surface area contributed by atoms with E-state index < -0.39 is 0 Å². The van der Waals surface area contributed by atoms with Crippen LogP contribution >= 0.6 is 0 Å². The average molecular weight is 485 g/mol. The Labute approximate surface area is 222 Å². The smallest absolute Gasteiger partial charge is 0.115 e. The molecule has 2 heteroatoms. The molecule has 0 bridgehead atoms. The third kappa shape index (κ3) is 5.26. The molecule has 1 aliphatic rings. The largest absolute Gasteiger partial charge is 0.349 e. The van der Waals surface area contributed by atoms with Crippen molar-refractivity contribution in [1.82, 2.24) is 9.80 Å². The summed E-state index contributed by atoms with van der Waals surface area (Å²) in [6.45, 7) is 9.24. The molecular weight excluding hydrogens is 448 g/mol. The molecule has 0 fully saturated rings. The van der Waals surface area contributed by atoms with Gasteiger partial charge in [-0.25, -0.2) is 0 Å². The predicted molar refractivity (Wildman–Crippen MR) is 154 cm³/mol. The van der Waals surface area contributed by atoms with E-state index in [1.165, 1.54) is 33.6 Å². The summed E-state index contributed by atoms with van der Waals surface area (Å²) in [5, 5.41) is 0. The first kappa shape index (κ1) is 24.7. The minimum absolute atomic E-state index is 0.206. The second kappa shape index (κ2) is 10.9. The summed E-state index contributed by atoms with van der Waals surface area (Å²) in [4.78, 5) is 5.09. The molecule has 0 saturated carbocycles. The molecule has 37 heavy (non-hydrogen) atoms. The maximum atomic E-state index is 3.76. The van der Waals surface area contributed by atoms with Crippen molar-refractivity contribution in [3.05, 3.63) is 161 Å². The standard InChI is InChI=1S/C35H36N2/c1-26(30-17-9-5-10-18-30)36(27(2)31-19-11-6-12-20-31)34-25-35(34)37(28(3)32-21-13-7-14-22-32)29(4)33-23-15-8-16-24-33/h5-24,26-29H,1-4H3/t26-,27-,28-,29-/m1/s1. The maximum absolute atomic E-state index is 3.76. The molecule has 5 rings (SSSR count). The van der Waals surface area contributed by atoms with E-state index in [-0.39, 0.29) is 24.2 Å². The Hall–Kier alpha value is -4.00. The van der Waals surface area contributed by atoms with Gasteiger partial charge in [0.15, 0.2) is 0 Å². The summed E-state index contributed by atoms with van der Waals surface area (Å²) in [7, 11) is 0. The lowest BCUT2D eigenvalue weighted by atomic mass is 9.99. The van der Waals surface area contributed by atoms with E-state index >= 15 is 0 Å². The van der Waals surface area contributed by atoms with Crippen LogP contribution in [0.1, 0.15) is 74.1 Å². The van der Waals surface area contributed by atoms with Crippen LogP contribution in [0.5, 0.6) is 0 Å². The summed E-state index contributed by atoms with van der Waals surface area (Å²) >= 11 is 0. The quantitative estimate of drug-likeness (QED) is 0.207. The number of nitrogens with zero attached hydrogens (tertiary/aromatic N) is 2. The van der Waals surface area contributed by atoms with Crippen molar-refractivity contribution in [2.24, 2.45) is 0 Å². The van der Waals surface area contributed by atoms with Crippen LogP contribution in [-0.2, 0) is 0 Å². The molecule has 0 aliphatic heterocycles. The second-order valence-electron chi connectivity index (χ2n) is 9.98. The fraction of sp³-hybridized carbons (Fsp3) is 0.229. The number of rotatable bonds is 10. The highest BCUT2D eigenvalue weighted by Crippen LogP contribution is 2.46. The van der Waals surface area contributed by atoms with Gasteiger partial charge in [0, 0.05) is 0 Å². The molecule has 186 valence electrons. The normalized spacial score (nSPS) is 15.6. The van der Waals surface area contributed by atoms with Crippen molar-refractivity contribution in [3.63, 3.8) is 0 Å². The van der Waals surface area contributed by atoms with Crippen molar-refractivity contribution in [3.8, 4) is 0 Å². The zero-order valence-electron chi connectivity index (χ0n) is 22.3. The van der Waals surface area contributed by atoms with E-state index in [0.29, 0.717) is 0 Å². The van der Waals surface area contributed by atoms with Gasteiger partial charge in [-0.15, -0.1) is 0 Å². The molecule has 4 atom stereocenters. The van der Waals surface area contributed by atoms with Gasteiger partial charge in [0.1, 0.15) is 11.4 Å². The van der Waals surface area contributed by atoms with Gasteiger partial charge in [0.05, 0.1) is 24.2 Å².